The summed E-state index contributed by atoms with van der Waals surface area (Å²) in [6.45, 7) is 4.21. The molecule has 3 rings (SSSR count). The zero-order chi connectivity index (χ0) is 16.6. The summed E-state index contributed by atoms with van der Waals surface area (Å²) in [5.41, 5.74) is 1.92. The number of benzene rings is 2. The standard InChI is InChI=1S/C17H19NO4S/c1-12-10-14(21-3)11-13(2)17(12)23(19,20)18-8-9-22-16-7-5-4-6-15(16)18/h4-7,10-11H,8-9H2,1-3H3. The molecule has 1 aliphatic rings. The molecule has 122 valence electrons. The molecule has 5 nitrogen and oxygen atoms in total. The van der Waals surface area contributed by atoms with Gasteiger partial charge in [-0.05, 0) is 49.2 Å². The molecule has 0 radical (unpaired) electrons. The molecule has 0 unspecified atom stereocenters. The van der Waals surface area contributed by atoms with Gasteiger partial charge in [0, 0.05) is 0 Å². The molecule has 0 amide bonds. The molecule has 0 bridgehead atoms. The number of methoxy groups -OCH3 is 1. The molecule has 0 saturated heterocycles. The molecule has 0 spiro atoms. The number of aryl methyl sites for hydroxylation is 2. The second-order valence-electron chi connectivity index (χ2n) is 5.48. The Bertz CT molecular complexity index is 822. The van der Waals surface area contributed by atoms with Gasteiger partial charge in [-0.15, -0.1) is 0 Å². The lowest BCUT2D eigenvalue weighted by Crippen LogP contribution is -2.38. The highest BCUT2D eigenvalue weighted by Crippen LogP contribution is 2.37. The normalized spacial score (nSPS) is 14.1. The van der Waals surface area contributed by atoms with Gasteiger partial charge in [-0.1, -0.05) is 12.1 Å². The number of hydrogen-bond donors (Lipinski definition) is 0. The quantitative estimate of drug-likeness (QED) is 0.867. The Morgan fingerprint density at radius 2 is 1.78 bits per heavy atom. The van der Waals surface area contributed by atoms with Crippen LogP contribution in [0.2, 0.25) is 0 Å². The molecule has 2 aromatic rings. The molecule has 1 heterocycles. The minimum absolute atomic E-state index is 0.296. The summed E-state index contributed by atoms with van der Waals surface area (Å²) in [4.78, 5) is 0.329. The van der Waals surface area contributed by atoms with E-state index in [0.717, 1.165) is 0 Å². The molecule has 23 heavy (non-hydrogen) atoms. The van der Waals surface area contributed by atoms with Crippen LogP contribution in [-0.2, 0) is 10.0 Å². The summed E-state index contributed by atoms with van der Waals surface area (Å²) in [6.07, 6.45) is 0. The molecule has 2 aromatic carbocycles. The van der Waals surface area contributed by atoms with Crippen molar-refractivity contribution < 1.29 is 17.9 Å². The van der Waals surface area contributed by atoms with Crippen LogP contribution in [0.5, 0.6) is 11.5 Å². The lowest BCUT2D eigenvalue weighted by molar-refractivity contribution is 0.316. The van der Waals surface area contributed by atoms with Crippen molar-refractivity contribution in [3.63, 3.8) is 0 Å². The third-order valence-electron chi connectivity index (χ3n) is 3.90. The largest absolute Gasteiger partial charge is 0.497 e. The van der Waals surface area contributed by atoms with Gasteiger partial charge < -0.3 is 9.47 Å². The summed E-state index contributed by atoms with van der Waals surface area (Å²) in [5.74, 6) is 1.24. The minimum atomic E-state index is -3.66. The fourth-order valence-corrected chi connectivity index (χ4v) is 4.82. The predicted octanol–water partition coefficient (Wildman–Crippen LogP) is 2.90. The van der Waals surface area contributed by atoms with Crippen molar-refractivity contribution >= 4 is 15.7 Å². The van der Waals surface area contributed by atoms with Crippen LogP contribution in [-0.4, -0.2) is 28.7 Å². The first-order valence-electron chi connectivity index (χ1n) is 7.35. The molecule has 0 aliphatic carbocycles. The van der Waals surface area contributed by atoms with Crippen molar-refractivity contribution in [3.05, 3.63) is 47.5 Å². The van der Waals surface area contributed by atoms with Gasteiger partial charge in [0.15, 0.2) is 0 Å². The van der Waals surface area contributed by atoms with Gasteiger partial charge in [0.1, 0.15) is 18.1 Å². The monoisotopic (exact) mass is 333 g/mol. The Kier molecular flexibility index (Phi) is 3.93. The highest BCUT2D eigenvalue weighted by molar-refractivity contribution is 7.93. The fourth-order valence-electron chi connectivity index (χ4n) is 2.94. The van der Waals surface area contributed by atoms with Crippen LogP contribution in [0.25, 0.3) is 0 Å². The highest BCUT2D eigenvalue weighted by atomic mass is 32.2. The molecule has 0 N–H and O–H groups in total. The van der Waals surface area contributed by atoms with Crippen molar-refractivity contribution in [2.75, 3.05) is 24.6 Å². The van der Waals surface area contributed by atoms with Crippen LogP contribution >= 0.6 is 0 Å². The highest BCUT2D eigenvalue weighted by Gasteiger charge is 2.32. The van der Waals surface area contributed by atoms with Crippen LogP contribution < -0.4 is 13.8 Å². The smallest absolute Gasteiger partial charge is 0.265 e. The van der Waals surface area contributed by atoms with Gasteiger partial charge in [0.2, 0.25) is 0 Å². The van der Waals surface area contributed by atoms with Crippen molar-refractivity contribution in [1.82, 2.24) is 0 Å². The van der Waals surface area contributed by atoms with Crippen LogP contribution in [0.4, 0.5) is 5.69 Å². The maximum atomic E-state index is 13.2. The first kappa shape index (κ1) is 15.7. The van der Waals surface area contributed by atoms with Crippen LogP contribution in [0.3, 0.4) is 0 Å². The minimum Gasteiger partial charge on any atom is -0.497 e. The van der Waals surface area contributed by atoms with Crippen LogP contribution in [0, 0.1) is 13.8 Å². The van der Waals surface area contributed by atoms with E-state index in [4.69, 9.17) is 9.47 Å². The third-order valence-corrected chi connectivity index (χ3v) is 6.02. The first-order chi connectivity index (χ1) is 10.9. The van der Waals surface area contributed by atoms with Crippen molar-refractivity contribution in [2.45, 2.75) is 18.7 Å². The Balaban J connectivity index is 2.14. The summed E-state index contributed by atoms with van der Waals surface area (Å²) < 4.78 is 38.6. The topological polar surface area (TPSA) is 55.8 Å². The second-order valence-corrected chi connectivity index (χ2v) is 7.28. The lowest BCUT2D eigenvalue weighted by atomic mass is 10.1. The average Bonchev–Trinajstić information content (AvgIpc) is 2.53. The molecular weight excluding hydrogens is 314 g/mol. The van der Waals surface area contributed by atoms with Gasteiger partial charge in [0.25, 0.3) is 10.0 Å². The van der Waals surface area contributed by atoms with Gasteiger partial charge in [-0.25, -0.2) is 8.42 Å². The molecule has 6 heteroatoms. The van der Waals surface area contributed by atoms with E-state index in [-0.39, 0.29) is 0 Å². The number of para-hydroxylation sites is 2. The van der Waals surface area contributed by atoms with Gasteiger partial charge in [-0.3, -0.25) is 4.31 Å². The van der Waals surface area contributed by atoms with Crippen molar-refractivity contribution in [1.29, 1.82) is 0 Å². The SMILES string of the molecule is COc1cc(C)c(S(=O)(=O)N2CCOc3ccccc32)c(C)c1. The van der Waals surface area contributed by atoms with Crippen LogP contribution in [0.15, 0.2) is 41.3 Å². The Hall–Kier alpha value is -2.21. The van der Waals surface area contributed by atoms with E-state index < -0.39 is 10.0 Å². The molecule has 0 saturated carbocycles. The van der Waals surface area contributed by atoms with Gasteiger partial charge in [-0.2, -0.15) is 0 Å². The molecular formula is C17H19NO4S. The summed E-state index contributed by atoms with van der Waals surface area (Å²) in [5, 5.41) is 0. The summed E-state index contributed by atoms with van der Waals surface area (Å²) in [6, 6.07) is 10.7. The zero-order valence-electron chi connectivity index (χ0n) is 13.4. The number of nitrogens with zero attached hydrogens (tertiary/aromatic N) is 1. The predicted molar refractivity (Wildman–Crippen MR) is 88.9 cm³/mol. The number of ether oxygens (including phenoxy) is 2. The molecule has 0 fully saturated rings. The zero-order valence-corrected chi connectivity index (χ0v) is 14.2. The summed E-state index contributed by atoms with van der Waals surface area (Å²) >= 11 is 0. The lowest BCUT2D eigenvalue weighted by Gasteiger charge is -2.31. The number of fused-ring (bicyclic) bond motifs is 1. The van der Waals surface area contributed by atoms with E-state index in [0.29, 0.717) is 46.4 Å². The van der Waals surface area contributed by atoms with E-state index in [1.807, 2.05) is 12.1 Å². The molecule has 1 aliphatic heterocycles. The van der Waals surface area contributed by atoms with E-state index in [1.54, 1.807) is 45.2 Å². The molecule has 0 aromatic heterocycles. The Morgan fingerprint density at radius 1 is 1.13 bits per heavy atom. The first-order valence-corrected chi connectivity index (χ1v) is 8.79. The van der Waals surface area contributed by atoms with E-state index in [9.17, 15) is 8.42 Å². The number of anilines is 1. The Morgan fingerprint density at radius 3 is 2.43 bits per heavy atom. The number of rotatable bonds is 3. The molecule has 0 atom stereocenters. The maximum Gasteiger partial charge on any atom is 0.265 e. The van der Waals surface area contributed by atoms with Crippen LogP contribution in [0.1, 0.15) is 11.1 Å². The summed E-state index contributed by atoms with van der Waals surface area (Å²) in [7, 11) is -2.09. The van der Waals surface area contributed by atoms with E-state index >= 15 is 0 Å². The third kappa shape index (κ3) is 2.63. The number of sulfonamides is 1. The van der Waals surface area contributed by atoms with Gasteiger partial charge in [0.05, 0.1) is 24.2 Å². The van der Waals surface area contributed by atoms with E-state index in [1.165, 1.54) is 4.31 Å². The second kappa shape index (κ2) is 5.77. The maximum absolute atomic E-state index is 13.2. The van der Waals surface area contributed by atoms with Gasteiger partial charge >= 0.3 is 0 Å². The Labute approximate surface area is 136 Å². The average molecular weight is 333 g/mol. The van der Waals surface area contributed by atoms with Crippen molar-refractivity contribution in [3.8, 4) is 11.5 Å². The van der Waals surface area contributed by atoms with E-state index in [2.05, 4.69) is 0 Å². The number of hydrogen-bond acceptors (Lipinski definition) is 4. The fraction of sp³-hybridized carbons (Fsp3) is 0.294. The van der Waals surface area contributed by atoms with Crippen molar-refractivity contribution in [2.24, 2.45) is 0 Å².